The van der Waals surface area contributed by atoms with Gasteiger partial charge in [0.05, 0.1) is 0 Å². The molecule has 62 heavy (non-hydrogen) atoms. The number of ketones is 2. The molecule has 6 rings (SSSR count). The van der Waals surface area contributed by atoms with Crippen LogP contribution in [0, 0.1) is 12.0 Å². The number of amides is 1. The molecule has 1 radical (unpaired) electrons. The summed E-state index contributed by atoms with van der Waals surface area (Å²) in [5.41, 5.74) is 2.04. The zero-order valence-electron chi connectivity index (χ0n) is 41.1. The van der Waals surface area contributed by atoms with Gasteiger partial charge in [0.1, 0.15) is 12.4 Å². The predicted octanol–water partition coefficient (Wildman–Crippen LogP) is 13.8. The molecule has 0 bridgehead atoms. The molecule has 0 spiro atoms. The van der Waals surface area contributed by atoms with Crippen LogP contribution in [0.2, 0.25) is 0 Å². The number of benzene rings is 4. The number of ether oxygens (including phenoxy) is 1. The fourth-order valence-electron chi connectivity index (χ4n) is 5.74. The van der Waals surface area contributed by atoms with Gasteiger partial charge in [0.15, 0.2) is 11.6 Å². The largest absolute Gasteiger partial charge is 0.662 e. The van der Waals surface area contributed by atoms with Crippen LogP contribution in [0.15, 0.2) is 121 Å². The number of para-hydroxylation sites is 1. The van der Waals surface area contributed by atoms with Gasteiger partial charge in [0.2, 0.25) is 5.91 Å². The number of piperazine rings is 1. The molecule has 2 aliphatic rings. The number of rotatable bonds is 12. The van der Waals surface area contributed by atoms with Crippen LogP contribution < -0.4 is 4.74 Å². The average molecular weight is 929 g/mol. The maximum atomic E-state index is 12.4. The first-order valence-corrected chi connectivity index (χ1v) is 23.4. The van der Waals surface area contributed by atoms with Crippen molar-refractivity contribution in [2.45, 2.75) is 128 Å². The normalized spacial score (nSPS) is 12.2. The number of carbonyl (C=O) groups excluding carboxylic acids is 3. The second-order valence-electron chi connectivity index (χ2n) is 12.3. The first-order chi connectivity index (χ1) is 30.1. The maximum Gasteiger partial charge on any atom is 0.222 e. The summed E-state index contributed by atoms with van der Waals surface area (Å²) in [6.07, 6.45) is 4.26. The van der Waals surface area contributed by atoms with Crippen LogP contribution in [0.25, 0.3) is 5.32 Å². The van der Waals surface area contributed by atoms with E-state index >= 15 is 0 Å². The Labute approximate surface area is 406 Å². The summed E-state index contributed by atoms with van der Waals surface area (Å²) in [7, 11) is 0. The summed E-state index contributed by atoms with van der Waals surface area (Å²) in [6.45, 7) is 30.3. The van der Waals surface area contributed by atoms with E-state index in [1.807, 2.05) is 185 Å². The SMILES string of the molecule is CC.CC.CC.CC.CC.CC.O=C(CCCC(=O)N1CCN(Cc2ccccc2)CC1)c1ccccc1.O=C(COc1ccccc1)CC1CC[N-]CC1.[Y].[c-]1ccccc1. The average Bonchev–Trinajstić information content (AvgIpc) is 3.37. The smallest absolute Gasteiger partial charge is 0.222 e. The fraction of sp³-hybridized carbons (Fsp3) is 0.500. The molecule has 0 unspecified atom stereocenters. The van der Waals surface area contributed by atoms with Crippen molar-refractivity contribution in [1.82, 2.24) is 9.80 Å². The van der Waals surface area contributed by atoms with E-state index in [2.05, 4.69) is 40.5 Å². The predicted molar refractivity (Wildman–Crippen MR) is 264 cm³/mol. The minimum atomic E-state index is 0. The van der Waals surface area contributed by atoms with E-state index in [-0.39, 0.29) is 56.8 Å². The van der Waals surface area contributed by atoms with Crippen molar-refractivity contribution >= 4 is 17.5 Å². The van der Waals surface area contributed by atoms with Crippen LogP contribution in [0.3, 0.4) is 0 Å². The molecule has 4 aromatic carbocycles. The Kier molecular flexibility index (Phi) is 52.7. The van der Waals surface area contributed by atoms with Gasteiger partial charge in [-0.05, 0) is 30.0 Å². The number of hydrogen-bond donors (Lipinski definition) is 0. The van der Waals surface area contributed by atoms with E-state index in [4.69, 9.17) is 4.74 Å². The maximum absolute atomic E-state index is 12.4. The van der Waals surface area contributed by atoms with Gasteiger partial charge in [0, 0.05) is 90.3 Å². The molecule has 345 valence electrons. The molecule has 0 N–H and O–H groups in total. The van der Waals surface area contributed by atoms with Gasteiger partial charge in [-0.25, -0.2) is 0 Å². The van der Waals surface area contributed by atoms with Crippen molar-refractivity contribution in [2.24, 2.45) is 5.92 Å². The van der Waals surface area contributed by atoms with E-state index in [9.17, 15) is 14.4 Å². The fourth-order valence-corrected chi connectivity index (χ4v) is 5.74. The van der Waals surface area contributed by atoms with E-state index < -0.39 is 0 Å². The molecule has 2 aliphatic heterocycles. The Morgan fingerprint density at radius 3 is 1.55 bits per heavy atom. The quantitative estimate of drug-likeness (QED) is 0.104. The first kappa shape index (κ1) is 65.1. The Balaban J connectivity index is -0.000000402. The van der Waals surface area contributed by atoms with Crippen molar-refractivity contribution in [3.05, 3.63) is 144 Å². The van der Waals surface area contributed by atoms with Crippen molar-refractivity contribution < 1.29 is 51.8 Å². The van der Waals surface area contributed by atoms with Crippen LogP contribution >= 0.6 is 0 Å². The Morgan fingerprint density at radius 1 is 0.613 bits per heavy atom. The number of nitrogens with zero attached hydrogens (tertiary/aromatic N) is 3. The van der Waals surface area contributed by atoms with Crippen molar-refractivity contribution in [3.8, 4) is 5.75 Å². The van der Waals surface area contributed by atoms with Gasteiger partial charge in [-0.15, -0.1) is 13.1 Å². The van der Waals surface area contributed by atoms with Gasteiger partial charge in [-0.1, -0.05) is 175 Å². The number of piperidine rings is 1. The molecular formula is C54H85N3O4Y-2. The van der Waals surface area contributed by atoms with Crippen LogP contribution in [-0.2, 0) is 48.8 Å². The summed E-state index contributed by atoms with van der Waals surface area (Å²) in [6, 6.07) is 41.7. The molecule has 0 atom stereocenters. The molecule has 7 nitrogen and oxygen atoms in total. The third-order valence-corrected chi connectivity index (χ3v) is 8.52. The van der Waals surface area contributed by atoms with Crippen LogP contribution in [0.4, 0.5) is 0 Å². The summed E-state index contributed by atoms with van der Waals surface area (Å²) in [5.74, 6) is 1.76. The Hall–Kier alpha value is -3.49. The standard InChI is InChI=1S/C22H26N2O2.C14H18NO2.C6H5.6C2H6.Y/c25-21(20-10-5-2-6-11-20)12-7-13-22(26)24-16-14-23(15-17-24)18-19-8-3-1-4-9-19;16-13(10-12-6-8-15-9-7-12)11-17-14-4-2-1-3-5-14;1-2-4-6-5-3-1;6*1-2;/h1-6,8-11H,7,12-18H2;1-5,12H,6-11H2;1-5H;6*1-2H3;/q;2*-1;;;;;;;. The Morgan fingerprint density at radius 2 is 1.08 bits per heavy atom. The zero-order chi connectivity index (χ0) is 46.4. The zero-order valence-corrected chi connectivity index (χ0v) is 43.9. The monoisotopic (exact) mass is 929 g/mol. The van der Waals surface area contributed by atoms with Crippen LogP contribution in [-0.4, -0.2) is 73.1 Å². The molecule has 2 saturated heterocycles. The molecule has 2 heterocycles. The van der Waals surface area contributed by atoms with E-state index in [0.29, 0.717) is 31.6 Å². The molecule has 4 aromatic rings. The number of carbonyl (C=O) groups is 3. The summed E-state index contributed by atoms with van der Waals surface area (Å²) < 4.78 is 5.44. The van der Waals surface area contributed by atoms with E-state index in [1.165, 1.54) is 5.56 Å². The Bertz CT molecular complexity index is 1450. The second-order valence-corrected chi connectivity index (χ2v) is 12.3. The molecule has 0 aromatic heterocycles. The molecular weight excluding hydrogens is 844 g/mol. The third-order valence-electron chi connectivity index (χ3n) is 8.52. The van der Waals surface area contributed by atoms with Crippen molar-refractivity contribution in [2.75, 3.05) is 45.9 Å². The van der Waals surface area contributed by atoms with Crippen LogP contribution in [0.1, 0.15) is 138 Å². The summed E-state index contributed by atoms with van der Waals surface area (Å²) >= 11 is 0. The minimum Gasteiger partial charge on any atom is -0.662 e. The topological polar surface area (TPSA) is 81.0 Å². The van der Waals surface area contributed by atoms with Crippen molar-refractivity contribution in [3.63, 3.8) is 0 Å². The number of hydrogen-bond acceptors (Lipinski definition) is 5. The van der Waals surface area contributed by atoms with Gasteiger partial charge in [0.25, 0.3) is 0 Å². The molecule has 2 fully saturated rings. The molecule has 1 amide bonds. The summed E-state index contributed by atoms with van der Waals surface area (Å²) in [5, 5.41) is 4.29. The van der Waals surface area contributed by atoms with Gasteiger partial charge >= 0.3 is 0 Å². The third kappa shape index (κ3) is 34.1. The minimum absolute atomic E-state index is 0. The number of Topliss-reactive ketones (excluding diaryl/α,β-unsaturated/α-hetero) is 2. The molecule has 8 heteroatoms. The summed E-state index contributed by atoms with van der Waals surface area (Å²) in [4.78, 5) is 40.5. The van der Waals surface area contributed by atoms with Gasteiger partial charge in [-0.3, -0.25) is 19.3 Å². The second kappa shape index (κ2) is 50.2. The van der Waals surface area contributed by atoms with E-state index in [0.717, 1.165) is 70.0 Å². The van der Waals surface area contributed by atoms with Crippen molar-refractivity contribution in [1.29, 1.82) is 0 Å². The van der Waals surface area contributed by atoms with Crippen LogP contribution in [0.5, 0.6) is 5.75 Å². The van der Waals surface area contributed by atoms with Gasteiger partial charge in [-0.2, -0.15) is 36.4 Å². The molecule has 0 saturated carbocycles. The van der Waals surface area contributed by atoms with Gasteiger partial charge < -0.3 is 15.0 Å². The molecule has 0 aliphatic carbocycles. The van der Waals surface area contributed by atoms with E-state index in [1.54, 1.807) is 0 Å². The first-order valence-electron chi connectivity index (χ1n) is 23.4.